The Morgan fingerprint density at radius 1 is 1.20 bits per heavy atom. The maximum Gasteiger partial charge on any atom is 0.0251 e. The zero-order valence-electron chi connectivity index (χ0n) is 6.35. The topological polar surface area (TPSA) is 0 Å². The highest BCUT2D eigenvalue weighted by Crippen LogP contribution is 2.19. The molecule has 1 aliphatic rings. The summed E-state index contributed by atoms with van der Waals surface area (Å²) in [6, 6.07) is 0. The quantitative estimate of drug-likeness (QED) is 0.406. The second-order valence-electron chi connectivity index (χ2n) is 3.00. The molecule has 0 spiro atoms. The summed E-state index contributed by atoms with van der Waals surface area (Å²) in [7, 11) is 0. The summed E-state index contributed by atoms with van der Waals surface area (Å²) in [6.07, 6.45) is 11.0. The van der Waals surface area contributed by atoms with Gasteiger partial charge in [0.05, 0.1) is 0 Å². The van der Waals surface area contributed by atoms with Gasteiger partial charge in [-0.15, -0.1) is 11.6 Å². The van der Waals surface area contributed by atoms with Crippen molar-refractivity contribution < 1.29 is 0 Å². The van der Waals surface area contributed by atoms with Crippen LogP contribution in [0.1, 0.15) is 32.1 Å². The van der Waals surface area contributed by atoms with Crippen LogP contribution in [0.5, 0.6) is 0 Å². The Morgan fingerprint density at radius 2 is 2.00 bits per heavy atom. The van der Waals surface area contributed by atoms with Crippen LogP contribution in [-0.4, -0.2) is 5.88 Å². The van der Waals surface area contributed by atoms with E-state index in [1.54, 1.807) is 0 Å². The lowest BCUT2D eigenvalue weighted by atomic mass is 9.96. The van der Waals surface area contributed by atoms with Crippen molar-refractivity contribution in [1.29, 1.82) is 0 Å². The van der Waals surface area contributed by atoms with Gasteiger partial charge in [0.1, 0.15) is 0 Å². The van der Waals surface area contributed by atoms with E-state index in [0.717, 1.165) is 11.8 Å². The van der Waals surface area contributed by atoms with Gasteiger partial charge in [0.25, 0.3) is 0 Å². The first-order valence-electron chi connectivity index (χ1n) is 4.14. The van der Waals surface area contributed by atoms with Gasteiger partial charge in [0, 0.05) is 5.88 Å². The van der Waals surface area contributed by atoms with Gasteiger partial charge in [-0.1, -0.05) is 12.2 Å². The fourth-order valence-corrected chi connectivity index (χ4v) is 1.70. The van der Waals surface area contributed by atoms with Crippen molar-refractivity contribution in [2.24, 2.45) is 5.92 Å². The van der Waals surface area contributed by atoms with Crippen molar-refractivity contribution in [1.82, 2.24) is 0 Å². The molecule has 0 nitrogen and oxygen atoms in total. The lowest BCUT2D eigenvalue weighted by Crippen LogP contribution is -2.02. The molecule has 10 heavy (non-hydrogen) atoms. The molecule has 0 fully saturated rings. The molecule has 0 aromatic rings. The Balaban J connectivity index is 2.27. The standard InChI is InChI=1S/C9H15Cl/c10-8-9-6-4-2-1-3-5-7-9/h1-2,9H,3-8H2/b2-1-. The summed E-state index contributed by atoms with van der Waals surface area (Å²) in [4.78, 5) is 0. The molecule has 1 rings (SSSR count). The average Bonchev–Trinajstić information content (AvgIpc) is 1.87. The minimum atomic E-state index is 0.784. The Bertz CT molecular complexity index is 107. The van der Waals surface area contributed by atoms with Crippen LogP contribution < -0.4 is 0 Å². The molecule has 0 saturated heterocycles. The minimum absolute atomic E-state index is 0.784. The average molecular weight is 159 g/mol. The normalized spacial score (nSPS) is 30.7. The molecule has 0 radical (unpaired) electrons. The van der Waals surface area contributed by atoms with Crippen LogP contribution in [0.15, 0.2) is 12.2 Å². The van der Waals surface area contributed by atoms with Gasteiger partial charge in [0.2, 0.25) is 0 Å². The van der Waals surface area contributed by atoms with Gasteiger partial charge in [-0.05, 0) is 38.0 Å². The zero-order chi connectivity index (χ0) is 7.23. The molecule has 0 aromatic carbocycles. The fourth-order valence-electron chi connectivity index (χ4n) is 1.39. The summed E-state index contributed by atoms with van der Waals surface area (Å²) in [5.74, 6) is 1.64. The molecular formula is C9H15Cl. The highest BCUT2D eigenvalue weighted by atomic mass is 35.5. The smallest absolute Gasteiger partial charge is 0.0251 e. The van der Waals surface area contributed by atoms with Gasteiger partial charge in [0.15, 0.2) is 0 Å². The number of alkyl halides is 1. The molecule has 0 saturated carbocycles. The van der Waals surface area contributed by atoms with Crippen molar-refractivity contribution in [3.63, 3.8) is 0 Å². The molecule has 0 bridgehead atoms. The number of hydrogen-bond acceptors (Lipinski definition) is 0. The van der Waals surface area contributed by atoms with E-state index >= 15 is 0 Å². The van der Waals surface area contributed by atoms with Crippen molar-refractivity contribution in [2.45, 2.75) is 32.1 Å². The lowest BCUT2D eigenvalue weighted by Gasteiger charge is -2.13. The third-order valence-electron chi connectivity index (χ3n) is 2.11. The Morgan fingerprint density at radius 3 is 2.80 bits per heavy atom. The van der Waals surface area contributed by atoms with Gasteiger partial charge in [-0.25, -0.2) is 0 Å². The molecule has 58 valence electrons. The van der Waals surface area contributed by atoms with Crippen molar-refractivity contribution >= 4 is 11.6 Å². The summed E-state index contributed by atoms with van der Waals surface area (Å²) in [5.41, 5.74) is 0. The molecule has 0 aliphatic heterocycles. The summed E-state index contributed by atoms with van der Waals surface area (Å²) >= 11 is 5.78. The van der Waals surface area contributed by atoms with E-state index in [4.69, 9.17) is 11.6 Å². The van der Waals surface area contributed by atoms with Crippen LogP contribution in [0.2, 0.25) is 0 Å². The Kier molecular flexibility index (Phi) is 3.89. The molecule has 1 heteroatoms. The fraction of sp³-hybridized carbons (Fsp3) is 0.778. The molecule has 0 aromatic heterocycles. The van der Waals surface area contributed by atoms with Crippen LogP contribution in [0.3, 0.4) is 0 Å². The van der Waals surface area contributed by atoms with Gasteiger partial charge in [-0.2, -0.15) is 0 Å². The van der Waals surface area contributed by atoms with Gasteiger partial charge >= 0.3 is 0 Å². The van der Waals surface area contributed by atoms with E-state index in [2.05, 4.69) is 12.2 Å². The largest absolute Gasteiger partial charge is 0.126 e. The van der Waals surface area contributed by atoms with Crippen LogP contribution in [-0.2, 0) is 0 Å². The van der Waals surface area contributed by atoms with Crippen molar-refractivity contribution in [3.8, 4) is 0 Å². The van der Waals surface area contributed by atoms with Crippen molar-refractivity contribution in [3.05, 3.63) is 12.2 Å². The van der Waals surface area contributed by atoms with Crippen LogP contribution in [0.25, 0.3) is 0 Å². The first-order valence-corrected chi connectivity index (χ1v) is 4.68. The number of rotatable bonds is 1. The maximum atomic E-state index is 5.78. The first kappa shape index (κ1) is 8.13. The molecule has 0 amide bonds. The molecular weight excluding hydrogens is 144 g/mol. The van der Waals surface area contributed by atoms with Crippen molar-refractivity contribution in [2.75, 3.05) is 5.88 Å². The third kappa shape index (κ3) is 2.74. The zero-order valence-corrected chi connectivity index (χ0v) is 7.11. The van der Waals surface area contributed by atoms with Crippen LogP contribution in [0, 0.1) is 5.92 Å². The summed E-state index contributed by atoms with van der Waals surface area (Å²) in [5, 5.41) is 0. The summed E-state index contributed by atoms with van der Waals surface area (Å²) in [6.45, 7) is 0. The molecule has 1 atom stereocenters. The van der Waals surface area contributed by atoms with E-state index < -0.39 is 0 Å². The van der Waals surface area contributed by atoms with E-state index in [0.29, 0.717) is 0 Å². The van der Waals surface area contributed by atoms with E-state index in [1.165, 1.54) is 32.1 Å². The molecule has 1 aliphatic carbocycles. The minimum Gasteiger partial charge on any atom is -0.126 e. The monoisotopic (exact) mass is 158 g/mol. The third-order valence-corrected chi connectivity index (χ3v) is 2.55. The van der Waals surface area contributed by atoms with Gasteiger partial charge in [-0.3, -0.25) is 0 Å². The van der Waals surface area contributed by atoms with E-state index in [1.807, 2.05) is 0 Å². The Hall–Kier alpha value is 0.0300. The number of hydrogen-bond donors (Lipinski definition) is 0. The Labute approximate surface area is 68.3 Å². The predicted octanol–water partition coefficient (Wildman–Crippen LogP) is 3.36. The predicted molar refractivity (Wildman–Crippen MR) is 46.4 cm³/mol. The number of halogens is 1. The van der Waals surface area contributed by atoms with E-state index in [-0.39, 0.29) is 0 Å². The van der Waals surface area contributed by atoms with Crippen LogP contribution >= 0.6 is 11.6 Å². The first-order chi connectivity index (χ1) is 4.93. The molecule has 0 N–H and O–H groups in total. The second kappa shape index (κ2) is 4.79. The molecule has 1 unspecified atom stereocenters. The summed E-state index contributed by atoms with van der Waals surface area (Å²) < 4.78 is 0. The highest BCUT2D eigenvalue weighted by molar-refractivity contribution is 6.18. The van der Waals surface area contributed by atoms with E-state index in [9.17, 15) is 0 Å². The maximum absolute atomic E-state index is 5.78. The second-order valence-corrected chi connectivity index (χ2v) is 3.31. The van der Waals surface area contributed by atoms with Crippen LogP contribution in [0.4, 0.5) is 0 Å². The lowest BCUT2D eigenvalue weighted by molar-refractivity contribution is 0.479. The SMILES string of the molecule is ClCC1CC/C=C\CCC1. The highest BCUT2D eigenvalue weighted by Gasteiger charge is 2.06. The van der Waals surface area contributed by atoms with Gasteiger partial charge < -0.3 is 0 Å². The number of allylic oxidation sites excluding steroid dienone is 2. The molecule has 0 heterocycles.